The van der Waals surface area contributed by atoms with E-state index in [1.165, 1.54) is 44.7 Å². The highest BCUT2D eigenvalue weighted by Gasteiger charge is 2.23. The zero-order valence-corrected chi connectivity index (χ0v) is 89.9. The third-order valence-corrected chi connectivity index (χ3v) is 19.8. The van der Waals surface area contributed by atoms with E-state index >= 15 is 0 Å². The number of aliphatic hydroxyl groups excluding tert-OH is 2. The molecule has 0 unspecified atom stereocenters. The van der Waals surface area contributed by atoms with Crippen molar-refractivity contribution in [2.24, 2.45) is 17.8 Å². The van der Waals surface area contributed by atoms with Crippen molar-refractivity contribution in [2.45, 2.75) is 349 Å². The maximum Gasteiger partial charge on any atom is 0.343 e. The molecule has 0 bridgehead atoms. The van der Waals surface area contributed by atoms with Crippen LogP contribution in [0, 0.1) is 17.8 Å². The molecular formula is C114H176ClNO26. The van der Waals surface area contributed by atoms with Crippen molar-refractivity contribution in [3.8, 4) is 57.5 Å². The summed E-state index contributed by atoms with van der Waals surface area (Å²) in [6, 6.07) is 52.6. The minimum absolute atomic E-state index is 0. The van der Waals surface area contributed by atoms with Crippen LogP contribution in [0.1, 0.15) is 317 Å². The van der Waals surface area contributed by atoms with Crippen molar-refractivity contribution >= 4 is 53.6 Å². The van der Waals surface area contributed by atoms with E-state index in [0.717, 1.165) is 101 Å². The third-order valence-electron chi connectivity index (χ3n) is 19.6. The number of hydrogen-bond donors (Lipinski definition) is 5. The van der Waals surface area contributed by atoms with Gasteiger partial charge >= 0.3 is 41.8 Å². The number of ether oxygens (including phenoxy) is 15. The lowest BCUT2D eigenvalue weighted by atomic mass is 10.1. The predicted octanol–water partition coefficient (Wildman–Crippen LogP) is 25.8. The summed E-state index contributed by atoms with van der Waals surface area (Å²) in [5.41, 5.74) is -0.845. The summed E-state index contributed by atoms with van der Waals surface area (Å²) in [5, 5.41) is 35.9. The Bertz CT molecular complexity index is 4400. The predicted molar refractivity (Wildman–Crippen MR) is 564 cm³/mol. The van der Waals surface area contributed by atoms with Crippen LogP contribution in [-0.4, -0.2) is 175 Å². The number of carbonyl (C=O) groups is 7. The number of benzene rings is 7. The van der Waals surface area contributed by atoms with Crippen LogP contribution in [0.2, 0.25) is 0 Å². The first-order valence-corrected chi connectivity index (χ1v) is 50.1. The molecule has 2 saturated heterocycles. The number of phenols is 2. The zero-order valence-electron chi connectivity index (χ0n) is 89.2. The van der Waals surface area contributed by atoms with Gasteiger partial charge in [-0.05, 0) is 290 Å². The van der Waals surface area contributed by atoms with Gasteiger partial charge in [0.2, 0.25) is 0 Å². The van der Waals surface area contributed by atoms with Crippen LogP contribution in [0.15, 0.2) is 182 Å². The molecule has 2 fully saturated rings. The first-order chi connectivity index (χ1) is 66.6. The van der Waals surface area contributed by atoms with Gasteiger partial charge in [-0.1, -0.05) is 154 Å². The first kappa shape index (κ1) is 133. The second-order valence-electron chi connectivity index (χ2n) is 37.7. The molecule has 28 heteroatoms. The van der Waals surface area contributed by atoms with Crippen molar-refractivity contribution in [1.82, 2.24) is 4.84 Å². The summed E-state index contributed by atoms with van der Waals surface area (Å²) in [6.07, 6.45) is 14.5. The highest BCUT2D eigenvalue weighted by molar-refractivity contribution is 6.13. The smallest absolute Gasteiger partial charge is 0.343 e. The summed E-state index contributed by atoms with van der Waals surface area (Å²) in [7, 11) is 0. The minimum Gasteiger partial charge on any atom is -0.508 e. The SMILES string of the molecule is C.C1CCOC1.C1CCOC1.CCC(CC)CO.CCC(CC)COc1cccc(O[C@H](C)CCC(=O)OC(C)(C)C)c1.CCC(CC)COc1cccc(O[C@H](C)CNCl)c1.CCOC(C)=O.C[C@H](CCC(=O)OC(C)(C)C)Oc1cccc(O)c1.C[C@H](CCC(=O)OC(C)(C)C)Oc1cccc(OC(=O)c2ccccc2)c1.C[C@H](O)CCC(=O)OC(C)(C)C.O=C(Oc1cccc(O)c1)c1ccccc1. The monoisotopic (exact) mass is 2010 g/mol. The Hall–Kier alpha value is -10.7. The Morgan fingerprint density at radius 1 is 0.373 bits per heavy atom. The van der Waals surface area contributed by atoms with Gasteiger partial charge in [-0.15, -0.1) is 0 Å². The van der Waals surface area contributed by atoms with E-state index in [2.05, 4.69) is 51.1 Å². The van der Waals surface area contributed by atoms with Crippen molar-refractivity contribution < 1.29 is 125 Å². The van der Waals surface area contributed by atoms with Gasteiger partial charge in [0.1, 0.15) is 86.0 Å². The molecule has 7 aromatic rings. The van der Waals surface area contributed by atoms with Crippen LogP contribution < -0.4 is 42.7 Å². The standard InChI is InChI=1S/C22H26O5.C21H34O4.C15H24ClNO2.C15H22O4.C13H10O3.C9H18O3.C6H14O.C4H8O2.2C4H8O.CH4/c1-16(13-14-20(23)27-22(2,3)4)25-18-11-8-12-19(15-18)26-21(24)17-9-6-5-7-10-17;1-7-17(8-2)15-23-18-10-9-11-19(14-18)24-16(3)12-13-20(22)25-21(4,5)6;1-4-13(5-2)11-18-14-7-6-8-15(9-14)19-12(3)10-17-16;1-11(8-9-14(17)19-15(2,3)4)18-13-7-5-6-12(16)10-13;14-11-7-4-8-12(9-11)16-13(15)10-5-2-1-3-6-10;1-7(10)5-6-8(11)12-9(2,3)4;1-3-6(4-2)5-7;1-3-6-4(2)5;2*1-2-4-5-3-1;/h5-12,15-16H,13-14H2,1-4H3;9-11,14,16-17H,7-8,12-13,15H2,1-6H3;6-9,12-13,17H,4-5,10-11H2,1-3H3;5-7,10-11,16H,8-9H2,1-4H3;1-9,14H;7,10H,5-6H2,1-4H3;6-7H,3-5H2,1-2H3;3H2,1-2H3;2*1-4H2;1H4/t2*16-;12-;11-;;7-;;;;;/m1111.0...../s1. The lowest BCUT2D eigenvalue weighted by Gasteiger charge is -2.20. The average molecular weight is 2010 g/mol. The molecule has 2 heterocycles. The number of halogens is 1. The van der Waals surface area contributed by atoms with Gasteiger partial charge in [0, 0.05) is 103 Å². The third kappa shape index (κ3) is 76.1. The van der Waals surface area contributed by atoms with Crippen molar-refractivity contribution in [3.63, 3.8) is 0 Å². The highest BCUT2D eigenvalue weighted by atomic mass is 35.5. The molecule has 800 valence electrons. The Labute approximate surface area is 855 Å². The van der Waals surface area contributed by atoms with Crippen molar-refractivity contribution in [3.05, 3.63) is 193 Å². The van der Waals surface area contributed by atoms with E-state index < -0.39 is 40.4 Å². The molecule has 142 heavy (non-hydrogen) atoms. The maximum atomic E-state index is 12.1. The number of phenolic OH excluding ortho intramolecular Hbond substituents is 2. The largest absolute Gasteiger partial charge is 0.508 e. The van der Waals surface area contributed by atoms with Crippen LogP contribution in [0.25, 0.3) is 0 Å². The van der Waals surface area contributed by atoms with Gasteiger partial charge in [-0.25, -0.2) is 14.4 Å². The molecule has 0 amide bonds. The fraction of sp³-hybridized carbons (Fsp3) is 0.570. The van der Waals surface area contributed by atoms with Crippen LogP contribution in [-0.2, 0) is 57.1 Å². The summed E-state index contributed by atoms with van der Waals surface area (Å²) < 4.78 is 80.4. The molecule has 0 spiro atoms. The molecule has 2 aliphatic heterocycles. The van der Waals surface area contributed by atoms with Gasteiger partial charge in [-0.3, -0.25) is 24.0 Å². The Kier molecular flexibility index (Phi) is 73.1. The molecule has 5 atom stereocenters. The molecule has 0 saturated carbocycles. The Morgan fingerprint density at radius 2 is 0.648 bits per heavy atom. The molecule has 27 nitrogen and oxygen atoms in total. The quantitative estimate of drug-likeness (QED) is 0.0103. The van der Waals surface area contributed by atoms with Crippen LogP contribution >= 0.6 is 11.8 Å². The van der Waals surface area contributed by atoms with E-state index in [1.54, 1.807) is 123 Å². The van der Waals surface area contributed by atoms with Gasteiger partial charge in [-0.2, -0.15) is 0 Å². The first-order valence-electron chi connectivity index (χ1n) is 49.7. The number of esters is 7. The summed E-state index contributed by atoms with van der Waals surface area (Å²) in [4.78, 5) is 82.3. The molecule has 9 rings (SSSR count). The van der Waals surface area contributed by atoms with Gasteiger partial charge in [0.15, 0.2) is 0 Å². The number of hydrogen-bond acceptors (Lipinski definition) is 27. The van der Waals surface area contributed by atoms with Gasteiger partial charge < -0.3 is 91.5 Å². The number of aromatic hydroxyl groups is 2. The van der Waals surface area contributed by atoms with E-state index in [9.17, 15) is 43.8 Å². The number of rotatable bonds is 40. The number of nitrogens with one attached hydrogen (secondary N) is 1. The van der Waals surface area contributed by atoms with Crippen LogP contribution in [0.5, 0.6) is 57.5 Å². The molecule has 0 aliphatic carbocycles. The van der Waals surface area contributed by atoms with E-state index in [-0.39, 0.29) is 86.0 Å². The van der Waals surface area contributed by atoms with Gasteiger partial charge in [0.25, 0.3) is 0 Å². The second kappa shape index (κ2) is 77.8. The lowest BCUT2D eigenvalue weighted by Crippen LogP contribution is -2.25. The van der Waals surface area contributed by atoms with E-state index in [1.807, 2.05) is 171 Å². The highest BCUT2D eigenvalue weighted by Crippen LogP contribution is 2.29. The average Bonchev–Trinajstić information content (AvgIpc) is 0.965. The summed E-state index contributed by atoms with van der Waals surface area (Å²) in [5.74, 6) is 5.14. The zero-order chi connectivity index (χ0) is 106. The Balaban J connectivity index is 0. The van der Waals surface area contributed by atoms with Crippen molar-refractivity contribution in [2.75, 3.05) is 59.4 Å². The van der Waals surface area contributed by atoms with Gasteiger partial charge in [0.05, 0.1) is 55.4 Å². The molecule has 0 aromatic heterocycles. The lowest BCUT2D eigenvalue weighted by molar-refractivity contribution is -0.156. The minimum atomic E-state index is -0.488. The van der Waals surface area contributed by atoms with Crippen molar-refractivity contribution in [1.29, 1.82) is 0 Å². The fourth-order valence-corrected chi connectivity index (χ4v) is 12.1. The number of aliphatic hydroxyl groups is 2. The summed E-state index contributed by atoms with van der Waals surface area (Å²) in [6.45, 7) is 54.5. The molecular weight excluding hydrogens is 1830 g/mol. The fourth-order valence-electron chi connectivity index (χ4n) is 11.8. The normalized spacial score (nSPS) is 12.8. The summed E-state index contributed by atoms with van der Waals surface area (Å²) >= 11 is 5.46. The molecule has 0 radical (unpaired) electrons. The van der Waals surface area contributed by atoms with Crippen LogP contribution in [0.4, 0.5) is 0 Å². The topological polar surface area (TPSA) is 351 Å². The second-order valence-corrected chi connectivity index (χ2v) is 38.0. The number of carbonyl (C=O) groups excluding carboxylic acids is 7. The molecule has 5 N–H and O–H groups in total. The van der Waals surface area contributed by atoms with E-state index in [0.29, 0.717) is 110 Å². The Morgan fingerprint density at radius 3 is 0.901 bits per heavy atom. The van der Waals surface area contributed by atoms with E-state index in [4.69, 9.17) is 88.3 Å². The van der Waals surface area contributed by atoms with Crippen LogP contribution in [0.3, 0.4) is 0 Å². The molecule has 7 aromatic carbocycles. The maximum absolute atomic E-state index is 12.1. The molecule has 2 aliphatic rings.